The zero-order chi connectivity index (χ0) is 18.7. The molecule has 0 spiro atoms. The molecule has 26 heavy (non-hydrogen) atoms. The maximum absolute atomic E-state index is 13.1. The van der Waals surface area contributed by atoms with Gasteiger partial charge in [0.1, 0.15) is 0 Å². The fourth-order valence-electron chi connectivity index (χ4n) is 2.98. The standard InChI is InChI=1S/C19H23N3O3S/c1-21(2)13-11-20-19(23)16-7-5-8-17(14-16)26(24,25)22-12-10-15-6-3-4-9-18(15)22/h3-9,14H,10-13H2,1-2H3,(H,20,23). The van der Waals surface area contributed by atoms with E-state index in [1.165, 1.54) is 16.4 Å². The zero-order valence-electron chi connectivity index (χ0n) is 15.0. The molecule has 2 aromatic rings. The molecule has 3 rings (SSSR count). The lowest BCUT2D eigenvalue weighted by molar-refractivity contribution is 0.0951. The molecular weight excluding hydrogens is 350 g/mol. The number of nitrogens with one attached hydrogen (secondary N) is 1. The fraction of sp³-hybridized carbons (Fsp3) is 0.316. The van der Waals surface area contributed by atoms with Gasteiger partial charge in [0, 0.05) is 25.2 Å². The van der Waals surface area contributed by atoms with Crippen LogP contribution < -0.4 is 9.62 Å². The normalized spacial score (nSPS) is 13.7. The highest BCUT2D eigenvalue weighted by molar-refractivity contribution is 7.92. The van der Waals surface area contributed by atoms with E-state index < -0.39 is 10.0 Å². The Morgan fingerprint density at radius 2 is 1.92 bits per heavy atom. The van der Waals surface area contributed by atoms with Gasteiger partial charge in [-0.05, 0) is 50.3 Å². The third-order valence-electron chi connectivity index (χ3n) is 4.37. The van der Waals surface area contributed by atoms with Gasteiger partial charge < -0.3 is 10.2 Å². The van der Waals surface area contributed by atoms with Crippen LogP contribution in [0.15, 0.2) is 53.4 Å². The average Bonchev–Trinajstić information content (AvgIpc) is 3.06. The first-order valence-corrected chi connectivity index (χ1v) is 9.97. The van der Waals surface area contributed by atoms with Gasteiger partial charge in [-0.3, -0.25) is 9.10 Å². The smallest absolute Gasteiger partial charge is 0.264 e. The van der Waals surface area contributed by atoms with Crippen molar-refractivity contribution in [1.29, 1.82) is 0 Å². The van der Waals surface area contributed by atoms with Crippen LogP contribution in [0.1, 0.15) is 15.9 Å². The van der Waals surface area contributed by atoms with Gasteiger partial charge in [-0.15, -0.1) is 0 Å². The zero-order valence-corrected chi connectivity index (χ0v) is 15.8. The van der Waals surface area contributed by atoms with Crippen molar-refractivity contribution in [3.8, 4) is 0 Å². The van der Waals surface area contributed by atoms with E-state index in [1.807, 2.05) is 43.3 Å². The van der Waals surface area contributed by atoms with Crippen LogP contribution >= 0.6 is 0 Å². The number of fused-ring (bicyclic) bond motifs is 1. The Hall–Kier alpha value is -2.38. The molecule has 1 N–H and O–H groups in total. The average molecular weight is 373 g/mol. The summed E-state index contributed by atoms with van der Waals surface area (Å²) >= 11 is 0. The molecule has 0 aromatic heterocycles. The second kappa shape index (κ2) is 7.47. The molecule has 0 bridgehead atoms. The van der Waals surface area contributed by atoms with Gasteiger partial charge in [0.05, 0.1) is 10.6 Å². The second-order valence-electron chi connectivity index (χ2n) is 6.54. The molecule has 0 unspecified atom stereocenters. The third kappa shape index (κ3) is 3.73. The quantitative estimate of drug-likeness (QED) is 0.837. The van der Waals surface area contributed by atoms with Crippen molar-refractivity contribution in [1.82, 2.24) is 10.2 Å². The van der Waals surface area contributed by atoms with Gasteiger partial charge >= 0.3 is 0 Å². The Balaban J connectivity index is 1.82. The number of rotatable bonds is 6. The lowest BCUT2D eigenvalue weighted by atomic mass is 10.2. The number of sulfonamides is 1. The highest BCUT2D eigenvalue weighted by Gasteiger charge is 2.30. The van der Waals surface area contributed by atoms with E-state index in [0.717, 1.165) is 5.56 Å². The van der Waals surface area contributed by atoms with E-state index in [1.54, 1.807) is 12.1 Å². The van der Waals surface area contributed by atoms with Crippen LogP contribution in [0.25, 0.3) is 0 Å². The van der Waals surface area contributed by atoms with Crippen molar-refractivity contribution in [3.63, 3.8) is 0 Å². The van der Waals surface area contributed by atoms with Gasteiger partial charge in [-0.1, -0.05) is 24.3 Å². The van der Waals surface area contributed by atoms with E-state index in [2.05, 4.69) is 5.32 Å². The SMILES string of the molecule is CN(C)CCNC(=O)c1cccc(S(=O)(=O)N2CCc3ccccc32)c1. The summed E-state index contributed by atoms with van der Waals surface area (Å²) in [6.45, 7) is 1.64. The number of hydrogen-bond donors (Lipinski definition) is 1. The molecule has 6 nitrogen and oxygen atoms in total. The minimum absolute atomic E-state index is 0.134. The maximum Gasteiger partial charge on any atom is 0.264 e. The number of carbonyl (C=O) groups excluding carboxylic acids is 1. The predicted molar refractivity (Wildman–Crippen MR) is 102 cm³/mol. The first-order chi connectivity index (χ1) is 12.4. The first kappa shape index (κ1) is 18.4. The monoisotopic (exact) mass is 373 g/mol. The van der Waals surface area contributed by atoms with Crippen LogP contribution in [-0.2, 0) is 16.4 Å². The lowest BCUT2D eigenvalue weighted by Gasteiger charge is -2.20. The molecule has 0 fully saturated rings. The number of para-hydroxylation sites is 1. The molecule has 0 radical (unpaired) electrons. The molecule has 1 heterocycles. The van der Waals surface area contributed by atoms with Crippen molar-refractivity contribution in [2.75, 3.05) is 38.0 Å². The lowest BCUT2D eigenvalue weighted by Crippen LogP contribution is -2.32. The summed E-state index contributed by atoms with van der Waals surface area (Å²) in [4.78, 5) is 14.4. The Morgan fingerprint density at radius 1 is 1.15 bits per heavy atom. The van der Waals surface area contributed by atoms with Crippen molar-refractivity contribution in [3.05, 3.63) is 59.7 Å². The van der Waals surface area contributed by atoms with Gasteiger partial charge in [-0.2, -0.15) is 0 Å². The van der Waals surface area contributed by atoms with Crippen molar-refractivity contribution in [2.45, 2.75) is 11.3 Å². The summed E-state index contributed by atoms with van der Waals surface area (Å²) in [5, 5.41) is 2.81. The Bertz CT molecular complexity index is 910. The summed E-state index contributed by atoms with van der Waals surface area (Å²) in [5.41, 5.74) is 2.08. The summed E-state index contributed by atoms with van der Waals surface area (Å²) in [5.74, 6) is -0.272. The molecule has 2 aromatic carbocycles. The van der Waals surface area contributed by atoms with Gasteiger partial charge in [-0.25, -0.2) is 8.42 Å². The molecule has 0 saturated heterocycles. The summed E-state index contributed by atoms with van der Waals surface area (Å²) in [6.07, 6.45) is 0.695. The summed E-state index contributed by atoms with van der Waals surface area (Å²) in [7, 11) is 0.151. The third-order valence-corrected chi connectivity index (χ3v) is 6.18. The topological polar surface area (TPSA) is 69.7 Å². The predicted octanol–water partition coefficient (Wildman–Crippen LogP) is 1.73. The molecule has 138 valence electrons. The van der Waals surface area contributed by atoms with Gasteiger partial charge in [0.25, 0.3) is 15.9 Å². The van der Waals surface area contributed by atoms with Crippen LogP contribution in [-0.4, -0.2) is 53.0 Å². The highest BCUT2D eigenvalue weighted by Crippen LogP contribution is 2.32. The summed E-state index contributed by atoms with van der Waals surface area (Å²) in [6, 6.07) is 13.7. The van der Waals surface area contributed by atoms with Crippen molar-refractivity contribution in [2.24, 2.45) is 0 Å². The summed E-state index contributed by atoms with van der Waals surface area (Å²) < 4.78 is 27.5. The molecule has 1 amide bonds. The van der Waals surface area contributed by atoms with Crippen LogP contribution in [0.3, 0.4) is 0 Å². The minimum Gasteiger partial charge on any atom is -0.351 e. The Morgan fingerprint density at radius 3 is 2.69 bits per heavy atom. The number of benzene rings is 2. The van der Waals surface area contributed by atoms with Crippen LogP contribution in [0, 0.1) is 0 Å². The van der Waals surface area contributed by atoms with Gasteiger partial charge in [0.2, 0.25) is 0 Å². The Kier molecular flexibility index (Phi) is 5.29. The van der Waals surface area contributed by atoms with Crippen molar-refractivity contribution < 1.29 is 13.2 Å². The van der Waals surface area contributed by atoms with E-state index in [0.29, 0.717) is 37.3 Å². The highest BCUT2D eigenvalue weighted by atomic mass is 32.2. The first-order valence-electron chi connectivity index (χ1n) is 8.53. The van der Waals surface area contributed by atoms with E-state index in [4.69, 9.17) is 0 Å². The fourth-order valence-corrected chi connectivity index (χ4v) is 4.53. The number of anilines is 1. The maximum atomic E-state index is 13.1. The molecule has 0 saturated carbocycles. The van der Waals surface area contributed by atoms with Crippen LogP contribution in [0.4, 0.5) is 5.69 Å². The second-order valence-corrected chi connectivity index (χ2v) is 8.41. The minimum atomic E-state index is -3.70. The van der Waals surface area contributed by atoms with E-state index in [9.17, 15) is 13.2 Å². The number of amides is 1. The largest absolute Gasteiger partial charge is 0.351 e. The van der Waals surface area contributed by atoms with E-state index >= 15 is 0 Å². The number of nitrogens with zero attached hydrogens (tertiary/aromatic N) is 2. The number of hydrogen-bond acceptors (Lipinski definition) is 4. The van der Waals surface area contributed by atoms with E-state index in [-0.39, 0.29) is 10.8 Å². The number of carbonyl (C=O) groups is 1. The molecule has 1 aliphatic rings. The molecule has 1 aliphatic heterocycles. The molecule has 0 atom stereocenters. The molecular formula is C19H23N3O3S. The Labute approximate surface area is 154 Å². The number of likely N-dealkylation sites (N-methyl/N-ethyl adjacent to an activating group) is 1. The molecule has 0 aliphatic carbocycles. The van der Waals surface area contributed by atoms with Gasteiger partial charge in [0.15, 0.2) is 0 Å². The molecule has 7 heteroatoms. The van der Waals surface area contributed by atoms with Crippen LogP contribution in [0.2, 0.25) is 0 Å². The van der Waals surface area contributed by atoms with Crippen molar-refractivity contribution >= 4 is 21.6 Å². The van der Waals surface area contributed by atoms with Crippen LogP contribution in [0.5, 0.6) is 0 Å².